The summed E-state index contributed by atoms with van der Waals surface area (Å²) in [7, 11) is 0. The van der Waals surface area contributed by atoms with Crippen LogP contribution in [-0.4, -0.2) is 45.8 Å². The SMILES string of the molecule is CC(O)CCCCCCCO.CC(O)CCCCCCCO. The molecule has 2 atom stereocenters. The Morgan fingerprint density at radius 3 is 1.05 bits per heavy atom. The van der Waals surface area contributed by atoms with E-state index in [0.717, 1.165) is 51.4 Å². The van der Waals surface area contributed by atoms with Gasteiger partial charge in [-0.15, -0.1) is 0 Å². The van der Waals surface area contributed by atoms with Gasteiger partial charge in [0.15, 0.2) is 0 Å². The van der Waals surface area contributed by atoms with Crippen molar-refractivity contribution < 1.29 is 20.4 Å². The number of unbranched alkanes of at least 4 members (excludes halogenated alkanes) is 8. The van der Waals surface area contributed by atoms with Gasteiger partial charge in [0.1, 0.15) is 0 Å². The fraction of sp³-hybridized carbons (Fsp3) is 1.00. The van der Waals surface area contributed by atoms with Crippen molar-refractivity contribution >= 4 is 0 Å². The predicted octanol–water partition coefficient (Wildman–Crippen LogP) is 3.40. The van der Waals surface area contributed by atoms with Crippen molar-refractivity contribution in [2.75, 3.05) is 13.2 Å². The Morgan fingerprint density at radius 1 is 0.500 bits per heavy atom. The number of hydrogen-bond donors (Lipinski definition) is 4. The molecule has 0 rings (SSSR count). The molecular formula is C18H40O4. The van der Waals surface area contributed by atoms with Gasteiger partial charge in [-0.2, -0.15) is 0 Å². The molecule has 0 aromatic rings. The summed E-state index contributed by atoms with van der Waals surface area (Å²) in [6, 6.07) is 0. The molecule has 0 aromatic heterocycles. The molecule has 0 heterocycles. The van der Waals surface area contributed by atoms with E-state index in [2.05, 4.69) is 0 Å². The number of aliphatic hydroxyl groups is 4. The van der Waals surface area contributed by atoms with Crippen LogP contribution in [0.4, 0.5) is 0 Å². The van der Waals surface area contributed by atoms with Crippen molar-refractivity contribution in [1.29, 1.82) is 0 Å². The van der Waals surface area contributed by atoms with E-state index in [4.69, 9.17) is 20.4 Å². The summed E-state index contributed by atoms with van der Waals surface area (Å²) in [6.07, 6.45) is 12.6. The number of aliphatic hydroxyl groups excluding tert-OH is 4. The van der Waals surface area contributed by atoms with Crippen molar-refractivity contribution in [1.82, 2.24) is 0 Å². The van der Waals surface area contributed by atoms with Crippen LogP contribution in [0.15, 0.2) is 0 Å². The third-order valence-corrected chi connectivity index (χ3v) is 3.56. The van der Waals surface area contributed by atoms with Gasteiger partial charge in [-0.05, 0) is 39.5 Å². The van der Waals surface area contributed by atoms with Gasteiger partial charge in [0.2, 0.25) is 0 Å². The molecule has 0 fully saturated rings. The maximum atomic E-state index is 8.92. The molecule has 2 unspecified atom stereocenters. The normalized spacial score (nSPS) is 13.4. The quantitative estimate of drug-likeness (QED) is 0.370. The van der Waals surface area contributed by atoms with Crippen LogP contribution in [0, 0.1) is 0 Å². The van der Waals surface area contributed by atoms with Crippen LogP contribution in [0.1, 0.15) is 90.9 Å². The monoisotopic (exact) mass is 320 g/mol. The maximum Gasteiger partial charge on any atom is 0.0512 e. The van der Waals surface area contributed by atoms with Crippen molar-refractivity contribution in [2.45, 2.75) is 103 Å². The van der Waals surface area contributed by atoms with E-state index < -0.39 is 0 Å². The zero-order chi connectivity index (χ0) is 17.1. The standard InChI is InChI=1S/2C9H20O2/c2*1-9(11)7-5-3-2-4-6-8-10/h2*9-11H,2-8H2,1H3. The molecular weight excluding hydrogens is 280 g/mol. The summed E-state index contributed by atoms with van der Waals surface area (Å²) in [4.78, 5) is 0. The van der Waals surface area contributed by atoms with Gasteiger partial charge in [-0.3, -0.25) is 0 Å². The summed E-state index contributed by atoms with van der Waals surface area (Å²) >= 11 is 0. The summed E-state index contributed by atoms with van der Waals surface area (Å²) in [5.41, 5.74) is 0. The van der Waals surface area contributed by atoms with Crippen LogP contribution in [0.3, 0.4) is 0 Å². The van der Waals surface area contributed by atoms with Gasteiger partial charge >= 0.3 is 0 Å². The molecule has 0 bridgehead atoms. The highest BCUT2D eigenvalue weighted by Crippen LogP contribution is 2.07. The minimum Gasteiger partial charge on any atom is -0.396 e. The van der Waals surface area contributed by atoms with Crippen LogP contribution in [0.2, 0.25) is 0 Å². The lowest BCUT2D eigenvalue weighted by molar-refractivity contribution is 0.179. The summed E-state index contributed by atoms with van der Waals surface area (Å²) < 4.78 is 0. The van der Waals surface area contributed by atoms with Crippen LogP contribution in [0.5, 0.6) is 0 Å². The van der Waals surface area contributed by atoms with Crippen molar-refractivity contribution in [2.24, 2.45) is 0 Å². The Labute approximate surface area is 137 Å². The van der Waals surface area contributed by atoms with Gasteiger partial charge in [0.05, 0.1) is 12.2 Å². The molecule has 0 aliphatic carbocycles. The van der Waals surface area contributed by atoms with E-state index in [-0.39, 0.29) is 12.2 Å². The van der Waals surface area contributed by atoms with E-state index in [0.29, 0.717) is 13.2 Å². The average Bonchev–Trinajstić information content (AvgIpc) is 2.46. The Balaban J connectivity index is 0. The molecule has 0 radical (unpaired) electrons. The first-order valence-electron chi connectivity index (χ1n) is 9.12. The highest BCUT2D eigenvalue weighted by molar-refractivity contribution is 4.49. The molecule has 0 saturated carbocycles. The summed E-state index contributed by atoms with van der Waals surface area (Å²) in [6.45, 7) is 4.29. The molecule has 136 valence electrons. The van der Waals surface area contributed by atoms with Crippen molar-refractivity contribution in [3.63, 3.8) is 0 Å². The minimum atomic E-state index is -0.146. The first-order chi connectivity index (χ1) is 10.5. The highest BCUT2D eigenvalue weighted by Gasteiger charge is 1.95. The largest absolute Gasteiger partial charge is 0.396 e. The lowest BCUT2D eigenvalue weighted by atomic mass is 10.1. The Morgan fingerprint density at radius 2 is 0.773 bits per heavy atom. The lowest BCUT2D eigenvalue weighted by Crippen LogP contribution is -1.98. The zero-order valence-corrected chi connectivity index (χ0v) is 14.8. The predicted molar refractivity (Wildman–Crippen MR) is 92.9 cm³/mol. The third-order valence-electron chi connectivity index (χ3n) is 3.56. The molecule has 0 aromatic carbocycles. The highest BCUT2D eigenvalue weighted by atomic mass is 16.3. The van der Waals surface area contributed by atoms with Gasteiger partial charge < -0.3 is 20.4 Å². The second kappa shape index (κ2) is 20.8. The van der Waals surface area contributed by atoms with Gasteiger partial charge in [0.25, 0.3) is 0 Å². The second-order valence-corrected chi connectivity index (χ2v) is 6.26. The van der Waals surface area contributed by atoms with Crippen molar-refractivity contribution in [3.8, 4) is 0 Å². The topological polar surface area (TPSA) is 80.9 Å². The van der Waals surface area contributed by atoms with Crippen LogP contribution >= 0.6 is 0 Å². The summed E-state index contributed by atoms with van der Waals surface area (Å²) in [5, 5.41) is 34.8. The molecule has 0 amide bonds. The lowest BCUT2D eigenvalue weighted by Gasteiger charge is -2.02. The molecule has 0 saturated heterocycles. The molecule has 4 nitrogen and oxygen atoms in total. The first-order valence-corrected chi connectivity index (χ1v) is 9.12. The van der Waals surface area contributed by atoms with E-state index >= 15 is 0 Å². The average molecular weight is 321 g/mol. The fourth-order valence-corrected chi connectivity index (χ4v) is 2.16. The van der Waals surface area contributed by atoms with Crippen LogP contribution < -0.4 is 0 Å². The third kappa shape index (κ3) is 28.1. The minimum absolute atomic E-state index is 0.146. The first kappa shape index (κ1) is 24.1. The summed E-state index contributed by atoms with van der Waals surface area (Å²) in [5.74, 6) is 0. The molecule has 4 N–H and O–H groups in total. The molecule has 0 aliphatic rings. The van der Waals surface area contributed by atoms with Gasteiger partial charge in [0, 0.05) is 13.2 Å². The Kier molecular flexibility index (Phi) is 22.8. The fourth-order valence-electron chi connectivity index (χ4n) is 2.16. The van der Waals surface area contributed by atoms with Crippen LogP contribution in [-0.2, 0) is 0 Å². The Bertz CT molecular complexity index is 164. The van der Waals surface area contributed by atoms with Gasteiger partial charge in [-0.25, -0.2) is 0 Å². The van der Waals surface area contributed by atoms with Gasteiger partial charge in [-0.1, -0.05) is 51.4 Å². The number of hydrogen-bond acceptors (Lipinski definition) is 4. The second-order valence-electron chi connectivity index (χ2n) is 6.26. The van der Waals surface area contributed by atoms with Crippen LogP contribution in [0.25, 0.3) is 0 Å². The van der Waals surface area contributed by atoms with E-state index in [9.17, 15) is 0 Å². The maximum absolute atomic E-state index is 8.92. The van der Waals surface area contributed by atoms with Crippen molar-refractivity contribution in [3.05, 3.63) is 0 Å². The molecule has 0 aliphatic heterocycles. The van der Waals surface area contributed by atoms with E-state index in [1.807, 2.05) is 13.8 Å². The zero-order valence-electron chi connectivity index (χ0n) is 14.8. The smallest absolute Gasteiger partial charge is 0.0512 e. The molecule has 22 heavy (non-hydrogen) atoms. The van der Waals surface area contributed by atoms with E-state index in [1.54, 1.807) is 0 Å². The molecule has 4 heteroatoms. The molecule has 0 spiro atoms. The Hall–Kier alpha value is -0.160. The number of rotatable bonds is 14. The van der Waals surface area contributed by atoms with E-state index in [1.165, 1.54) is 25.7 Å².